The minimum atomic E-state index is -0.692. The summed E-state index contributed by atoms with van der Waals surface area (Å²) in [5.74, 6) is -1.13. The molecular weight excluding hydrogens is 499 g/mol. The second kappa shape index (κ2) is 7.90. The zero-order valence-corrected chi connectivity index (χ0v) is 20.3. The summed E-state index contributed by atoms with van der Waals surface area (Å²) in [7, 11) is 0. The van der Waals surface area contributed by atoms with Crippen molar-refractivity contribution in [3.05, 3.63) is 77.1 Å². The summed E-state index contributed by atoms with van der Waals surface area (Å²) >= 11 is 6.39. The Morgan fingerprint density at radius 1 is 1.16 bits per heavy atom. The van der Waals surface area contributed by atoms with Crippen LogP contribution in [0.25, 0.3) is 11.5 Å². The molecule has 1 fully saturated rings. The van der Waals surface area contributed by atoms with Gasteiger partial charge in [-0.2, -0.15) is 19.7 Å². The van der Waals surface area contributed by atoms with E-state index in [2.05, 4.69) is 30.6 Å². The van der Waals surface area contributed by atoms with E-state index in [1.165, 1.54) is 34.0 Å². The average molecular weight is 519 g/mol. The van der Waals surface area contributed by atoms with Crippen molar-refractivity contribution in [2.24, 2.45) is 0 Å². The quantitative estimate of drug-likeness (QED) is 0.378. The molecule has 1 N–H and O–H groups in total. The zero-order chi connectivity index (χ0) is 25.3. The molecule has 2 atom stereocenters. The van der Waals surface area contributed by atoms with Gasteiger partial charge in [0, 0.05) is 24.0 Å². The van der Waals surface area contributed by atoms with Crippen LogP contribution < -0.4 is 5.32 Å². The second-order valence-corrected chi connectivity index (χ2v) is 10.0. The summed E-state index contributed by atoms with van der Waals surface area (Å²) < 4.78 is 17.6. The Morgan fingerprint density at radius 3 is 2.73 bits per heavy atom. The molecule has 11 nitrogen and oxygen atoms in total. The maximum atomic E-state index is 14.2. The number of rotatable bonds is 5. The summed E-state index contributed by atoms with van der Waals surface area (Å²) in [6, 6.07) is 5.26. The second-order valence-electron chi connectivity index (χ2n) is 9.64. The summed E-state index contributed by atoms with van der Waals surface area (Å²) in [4.78, 5) is 23.6. The number of carbonyl (C=O) groups excluding carboxylic acids is 1. The number of halogens is 2. The van der Waals surface area contributed by atoms with E-state index in [9.17, 15) is 9.18 Å². The third-order valence-corrected chi connectivity index (χ3v) is 7.38. The van der Waals surface area contributed by atoms with Crippen LogP contribution in [0.3, 0.4) is 0 Å². The smallest absolute Gasteiger partial charge is 0.235 e. The predicted octanol–water partition coefficient (Wildman–Crippen LogP) is 3.46. The Morgan fingerprint density at radius 2 is 1.97 bits per heavy atom. The van der Waals surface area contributed by atoms with Crippen LogP contribution in [-0.2, 0) is 10.2 Å². The molecule has 0 aromatic carbocycles. The van der Waals surface area contributed by atoms with Crippen LogP contribution in [0.1, 0.15) is 55.1 Å². The van der Waals surface area contributed by atoms with Gasteiger partial charge in [0.25, 0.3) is 0 Å². The molecule has 1 saturated carbocycles. The van der Waals surface area contributed by atoms with Gasteiger partial charge in [-0.1, -0.05) is 11.6 Å². The summed E-state index contributed by atoms with van der Waals surface area (Å²) in [6.07, 6.45) is 10.8. The molecule has 186 valence electrons. The molecule has 2 aliphatic rings. The zero-order valence-electron chi connectivity index (χ0n) is 19.6. The van der Waals surface area contributed by atoms with Crippen molar-refractivity contribution in [3.63, 3.8) is 0 Å². The molecule has 0 spiro atoms. The molecule has 0 bridgehead atoms. The van der Waals surface area contributed by atoms with Gasteiger partial charge in [-0.05, 0) is 38.3 Å². The summed E-state index contributed by atoms with van der Waals surface area (Å²) in [6.45, 7) is 2.02. The molecule has 2 aliphatic carbocycles. The Labute approximate surface area is 214 Å². The van der Waals surface area contributed by atoms with Crippen LogP contribution in [0.4, 0.5) is 10.1 Å². The lowest BCUT2D eigenvalue weighted by atomic mass is 9.82. The van der Waals surface area contributed by atoms with Gasteiger partial charge in [0.1, 0.15) is 0 Å². The monoisotopic (exact) mass is 518 g/mol. The largest absolute Gasteiger partial charge is 0.324 e. The van der Waals surface area contributed by atoms with Gasteiger partial charge in [-0.25, -0.2) is 14.5 Å². The molecule has 5 heterocycles. The van der Waals surface area contributed by atoms with Crippen LogP contribution in [0.2, 0.25) is 5.02 Å². The number of nitrogens with one attached hydrogen (secondary N) is 1. The number of pyridine rings is 1. The summed E-state index contributed by atoms with van der Waals surface area (Å²) in [5, 5.41) is 20.2. The maximum Gasteiger partial charge on any atom is 0.235 e. The highest BCUT2D eigenvalue weighted by atomic mass is 35.5. The number of hydrogen-bond donors (Lipinski definition) is 1. The Hall–Kier alpha value is -4.19. The van der Waals surface area contributed by atoms with E-state index < -0.39 is 17.3 Å². The van der Waals surface area contributed by atoms with E-state index in [1.807, 2.05) is 23.9 Å². The van der Waals surface area contributed by atoms with E-state index in [4.69, 9.17) is 16.7 Å². The number of anilines is 1. The fraction of sp³-hybridized carbons (Fsp3) is 0.292. The number of fused-ring (bicyclic) bond motifs is 3. The standard InChI is InChI=1S/C24H20ClFN10O/c1-24(18-4-7-34(32-18)14-2-3-14)10-15(16-12-27-20-9-19(26)33-35(20)21(16)24)23(37)31-13-8-17(25)22(28-11-13)36-29-5-6-30-36/h4-9,11-12,14-15H,2-3,10H2,1H3,(H,31,37)/t15-,24+/m0/s1. The third kappa shape index (κ3) is 3.50. The van der Waals surface area contributed by atoms with E-state index in [-0.39, 0.29) is 10.9 Å². The van der Waals surface area contributed by atoms with Gasteiger partial charge >= 0.3 is 0 Å². The first kappa shape index (κ1) is 22.0. The Bertz CT molecular complexity index is 1670. The van der Waals surface area contributed by atoms with Crippen LogP contribution >= 0.6 is 11.6 Å². The minimum absolute atomic E-state index is 0.261. The van der Waals surface area contributed by atoms with Crippen molar-refractivity contribution in [1.29, 1.82) is 0 Å². The van der Waals surface area contributed by atoms with Gasteiger partial charge in [-0.15, -0.1) is 9.90 Å². The fourth-order valence-corrected chi connectivity index (χ4v) is 5.42. The van der Waals surface area contributed by atoms with Crippen molar-refractivity contribution in [3.8, 4) is 5.82 Å². The van der Waals surface area contributed by atoms with Crippen molar-refractivity contribution in [2.75, 3.05) is 5.32 Å². The van der Waals surface area contributed by atoms with Crippen molar-refractivity contribution < 1.29 is 9.18 Å². The number of amides is 1. The van der Waals surface area contributed by atoms with E-state index in [1.54, 1.807) is 12.3 Å². The Kier molecular flexibility index (Phi) is 4.71. The number of nitrogens with zero attached hydrogens (tertiary/aromatic N) is 9. The minimum Gasteiger partial charge on any atom is -0.324 e. The molecule has 37 heavy (non-hydrogen) atoms. The highest BCUT2D eigenvalue weighted by Gasteiger charge is 2.48. The van der Waals surface area contributed by atoms with Gasteiger partial charge in [0.05, 0.1) is 58.1 Å². The van der Waals surface area contributed by atoms with E-state index in [0.29, 0.717) is 40.9 Å². The van der Waals surface area contributed by atoms with Gasteiger partial charge < -0.3 is 5.32 Å². The first-order valence-corrected chi connectivity index (χ1v) is 12.2. The molecule has 0 saturated heterocycles. The molecule has 13 heteroatoms. The fourth-order valence-electron chi connectivity index (χ4n) is 5.18. The van der Waals surface area contributed by atoms with Gasteiger partial charge in [0.15, 0.2) is 11.5 Å². The number of hydrogen-bond acceptors (Lipinski definition) is 7. The van der Waals surface area contributed by atoms with E-state index >= 15 is 0 Å². The van der Waals surface area contributed by atoms with Crippen LogP contribution in [0.5, 0.6) is 0 Å². The summed E-state index contributed by atoms with van der Waals surface area (Å²) in [5.41, 5.74) is 2.30. The van der Waals surface area contributed by atoms with Crippen LogP contribution in [0.15, 0.2) is 49.2 Å². The first-order chi connectivity index (χ1) is 17.9. The average Bonchev–Trinajstić information content (AvgIpc) is 3.26. The molecule has 5 aromatic rings. The molecule has 1 amide bonds. The van der Waals surface area contributed by atoms with Crippen LogP contribution in [-0.4, -0.2) is 50.3 Å². The SMILES string of the molecule is C[C@]1(c2ccn(C3CC3)n2)C[C@H](C(=O)Nc2cnc(-n3nccn3)c(Cl)c2)c2cnc3cc(F)nn3c21. The highest BCUT2D eigenvalue weighted by Crippen LogP contribution is 2.50. The normalized spacial score (nSPS) is 20.9. The lowest BCUT2D eigenvalue weighted by Crippen LogP contribution is -2.26. The van der Waals surface area contributed by atoms with E-state index in [0.717, 1.165) is 18.5 Å². The van der Waals surface area contributed by atoms with Gasteiger partial charge in [0.2, 0.25) is 11.9 Å². The molecular formula is C24H20ClFN10O. The predicted molar refractivity (Wildman–Crippen MR) is 130 cm³/mol. The van der Waals surface area contributed by atoms with Gasteiger partial charge in [-0.3, -0.25) is 9.48 Å². The molecule has 0 unspecified atom stereocenters. The highest BCUT2D eigenvalue weighted by molar-refractivity contribution is 6.32. The van der Waals surface area contributed by atoms with Crippen molar-refractivity contribution in [1.82, 2.24) is 44.4 Å². The Balaban J connectivity index is 1.26. The lowest BCUT2D eigenvalue weighted by Gasteiger charge is -2.23. The number of aromatic nitrogens is 9. The maximum absolute atomic E-state index is 14.2. The lowest BCUT2D eigenvalue weighted by molar-refractivity contribution is -0.117. The molecule has 7 rings (SSSR count). The third-order valence-electron chi connectivity index (χ3n) is 7.10. The van der Waals surface area contributed by atoms with Crippen molar-refractivity contribution in [2.45, 2.75) is 43.6 Å². The molecule has 5 aromatic heterocycles. The van der Waals surface area contributed by atoms with Crippen molar-refractivity contribution >= 4 is 28.8 Å². The topological polar surface area (TPSA) is 121 Å². The molecule has 0 radical (unpaired) electrons. The van der Waals surface area contributed by atoms with Crippen LogP contribution in [0, 0.1) is 5.95 Å². The first-order valence-electron chi connectivity index (χ1n) is 11.8. The number of carbonyl (C=O) groups is 1. The molecule has 0 aliphatic heterocycles.